The number of nitrogens with zero attached hydrogens (tertiary/aromatic N) is 2. The zero-order valence-electron chi connectivity index (χ0n) is 7.76. The molecule has 0 saturated heterocycles. The number of unbranched alkanes of at least 4 members (excludes halogenated alkanes) is 2. The van der Waals surface area contributed by atoms with Gasteiger partial charge < -0.3 is 5.32 Å². The first-order chi connectivity index (χ1) is 6.33. The average Bonchev–Trinajstić information content (AvgIpc) is 2.15. The van der Waals surface area contributed by atoms with Crippen molar-refractivity contribution >= 4 is 17.4 Å². The molecule has 1 aromatic heterocycles. The van der Waals surface area contributed by atoms with E-state index in [4.69, 9.17) is 11.6 Å². The van der Waals surface area contributed by atoms with Gasteiger partial charge in [-0.25, -0.2) is 0 Å². The van der Waals surface area contributed by atoms with Crippen LogP contribution >= 0.6 is 11.6 Å². The minimum absolute atomic E-state index is 0.430. The summed E-state index contributed by atoms with van der Waals surface area (Å²) in [7, 11) is 0. The Hall–Kier alpha value is -0.830. The molecule has 1 heterocycles. The van der Waals surface area contributed by atoms with E-state index in [1.807, 2.05) is 6.07 Å². The van der Waals surface area contributed by atoms with Gasteiger partial charge in [0.15, 0.2) is 5.15 Å². The second-order valence-corrected chi connectivity index (χ2v) is 3.26. The number of halogens is 1. The van der Waals surface area contributed by atoms with Crippen LogP contribution in [0.2, 0.25) is 5.15 Å². The molecular formula is C9H14ClN3. The molecule has 0 aliphatic rings. The molecular weight excluding hydrogens is 186 g/mol. The van der Waals surface area contributed by atoms with Gasteiger partial charge in [-0.15, -0.1) is 10.2 Å². The summed E-state index contributed by atoms with van der Waals surface area (Å²) in [5, 5.41) is 11.2. The quantitative estimate of drug-likeness (QED) is 0.742. The van der Waals surface area contributed by atoms with Crippen LogP contribution in [-0.2, 0) is 0 Å². The van der Waals surface area contributed by atoms with Crippen LogP contribution < -0.4 is 5.32 Å². The van der Waals surface area contributed by atoms with Gasteiger partial charge in [-0.05, 0) is 18.6 Å². The summed E-state index contributed by atoms with van der Waals surface area (Å²) in [4.78, 5) is 0. The number of nitrogens with one attached hydrogen (secondary N) is 1. The molecule has 0 aliphatic carbocycles. The Balaban J connectivity index is 2.25. The van der Waals surface area contributed by atoms with Crippen molar-refractivity contribution in [3.63, 3.8) is 0 Å². The first-order valence-corrected chi connectivity index (χ1v) is 4.94. The van der Waals surface area contributed by atoms with Crippen LogP contribution in [0.15, 0.2) is 12.1 Å². The Kier molecular flexibility index (Phi) is 4.54. The SMILES string of the molecule is CCCCCNc1ccc(Cl)nn1. The zero-order valence-corrected chi connectivity index (χ0v) is 8.51. The van der Waals surface area contributed by atoms with Crippen LogP contribution in [-0.4, -0.2) is 16.7 Å². The molecule has 0 spiro atoms. The fourth-order valence-corrected chi connectivity index (χ4v) is 1.10. The van der Waals surface area contributed by atoms with E-state index >= 15 is 0 Å². The Morgan fingerprint density at radius 1 is 1.31 bits per heavy atom. The Morgan fingerprint density at radius 2 is 2.15 bits per heavy atom. The van der Waals surface area contributed by atoms with E-state index < -0.39 is 0 Å². The number of rotatable bonds is 5. The van der Waals surface area contributed by atoms with E-state index in [9.17, 15) is 0 Å². The fraction of sp³-hybridized carbons (Fsp3) is 0.556. The lowest BCUT2D eigenvalue weighted by molar-refractivity contribution is 0.741. The van der Waals surface area contributed by atoms with Gasteiger partial charge >= 0.3 is 0 Å². The van der Waals surface area contributed by atoms with Crippen molar-refractivity contribution in [2.45, 2.75) is 26.2 Å². The summed E-state index contributed by atoms with van der Waals surface area (Å²) in [6.45, 7) is 3.13. The third kappa shape index (κ3) is 4.08. The zero-order chi connectivity index (χ0) is 9.52. The van der Waals surface area contributed by atoms with E-state index in [1.54, 1.807) is 6.07 Å². The summed E-state index contributed by atoms with van der Waals surface area (Å²) >= 11 is 5.59. The van der Waals surface area contributed by atoms with Crippen molar-refractivity contribution in [3.8, 4) is 0 Å². The maximum atomic E-state index is 5.59. The van der Waals surface area contributed by atoms with E-state index in [-0.39, 0.29) is 0 Å². The predicted molar refractivity (Wildman–Crippen MR) is 55.1 cm³/mol. The molecule has 1 rings (SSSR count). The molecule has 72 valence electrons. The van der Waals surface area contributed by atoms with E-state index in [0.717, 1.165) is 12.4 Å². The van der Waals surface area contributed by atoms with E-state index in [0.29, 0.717) is 5.15 Å². The maximum absolute atomic E-state index is 5.59. The lowest BCUT2D eigenvalue weighted by atomic mass is 10.2. The molecule has 0 atom stereocenters. The van der Waals surface area contributed by atoms with E-state index in [2.05, 4.69) is 22.4 Å². The highest BCUT2D eigenvalue weighted by atomic mass is 35.5. The summed E-state index contributed by atoms with van der Waals surface area (Å²) in [5.41, 5.74) is 0. The van der Waals surface area contributed by atoms with Gasteiger partial charge in [0.05, 0.1) is 0 Å². The van der Waals surface area contributed by atoms with Crippen LogP contribution in [0.3, 0.4) is 0 Å². The molecule has 13 heavy (non-hydrogen) atoms. The Labute approximate surface area is 83.5 Å². The maximum Gasteiger partial charge on any atom is 0.151 e. The monoisotopic (exact) mass is 199 g/mol. The Bertz CT molecular complexity index is 235. The van der Waals surface area contributed by atoms with Crippen LogP contribution in [0.4, 0.5) is 5.82 Å². The molecule has 0 saturated carbocycles. The molecule has 1 aromatic rings. The fourth-order valence-electron chi connectivity index (χ4n) is 1.00. The summed E-state index contributed by atoms with van der Waals surface area (Å²) in [6.07, 6.45) is 3.64. The molecule has 0 radical (unpaired) electrons. The third-order valence-corrected chi connectivity index (χ3v) is 1.92. The highest BCUT2D eigenvalue weighted by Gasteiger charge is 1.93. The number of hydrogen-bond acceptors (Lipinski definition) is 3. The van der Waals surface area contributed by atoms with Gasteiger partial charge in [0.2, 0.25) is 0 Å². The van der Waals surface area contributed by atoms with Crippen molar-refractivity contribution in [3.05, 3.63) is 17.3 Å². The van der Waals surface area contributed by atoms with Crippen molar-refractivity contribution < 1.29 is 0 Å². The standard InChI is InChI=1S/C9H14ClN3/c1-2-3-4-7-11-9-6-5-8(10)12-13-9/h5-6H,2-4,7H2,1H3,(H,11,13). The third-order valence-electron chi connectivity index (χ3n) is 1.72. The summed E-state index contributed by atoms with van der Waals surface area (Å²) in [6, 6.07) is 3.57. The minimum atomic E-state index is 0.430. The molecule has 0 aliphatic heterocycles. The van der Waals surface area contributed by atoms with Gasteiger partial charge in [0.25, 0.3) is 0 Å². The van der Waals surface area contributed by atoms with Gasteiger partial charge in [0, 0.05) is 6.54 Å². The number of aromatic nitrogens is 2. The number of anilines is 1. The summed E-state index contributed by atoms with van der Waals surface area (Å²) in [5.74, 6) is 0.792. The minimum Gasteiger partial charge on any atom is -0.369 e. The van der Waals surface area contributed by atoms with E-state index in [1.165, 1.54) is 19.3 Å². The predicted octanol–water partition coefficient (Wildman–Crippen LogP) is 2.73. The molecule has 0 aromatic carbocycles. The molecule has 0 amide bonds. The normalized spacial score (nSPS) is 10.0. The molecule has 3 nitrogen and oxygen atoms in total. The van der Waals surface area contributed by atoms with Gasteiger partial charge in [0.1, 0.15) is 5.82 Å². The van der Waals surface area contributed by atoms with Crippen molar-refractivity contribution in [1.29, 1.82) is 0 Å². The first kappa shape index (κ1) is 10.3. The second-order valence-electron chi connectivity index (χ2n) is 2.88. The summed E-state index contributed by atoms with van der Waals surface area (Å²) < 4.78 is 0. The van der Waals surface area contributed by atoms with Gasteiger partial charge in [-0.2, -0.15) is 0 Å². The Morgan fingerprint density at radius 3 is 2.77 bits per heavy atom. The highest BCUT2D eigenvalue weighted by molar-refractivity contribution is 6.29. The van der Waals surface area contributed by atoms with Crippen molar-refractivity contribution in [2.24, 2.45) is 0 Å². The van der Waals surface area contributed by atoms with Crippen LogP contribution in [0.5, 0.6) is 0 Å². The molecule has 0 unspecified atom stereocenters. The molecule has 0 fully saturated rings. The van der Waals surface area contributed by atoms with Gasteiger partial charge in [-0.1, -0.05) is 31.4 Å². The van der Waals surface area contributed by atoms with Gasteiger partial charge in [-0.3, -0.25) is 0 Å². The van der Waals surface area contributed by atoms with Crippen LogP contribution in [0, 0.1) is 0 Å². The average molecular weight is 200 g/mol. The molecule has 4 heteroatoms. The van der Waals surface area contributed by atoms with Crippen molar-refractivity contribution in [1.82, 2.24) is 10.2 Å². The lowest BCUT2D eigenvalue weighted by Gasteiger charge is -2.02. The van der Waals surface area contributed by atoms with Crippen molar-refractivity contribution in [2.75, 3.05) is 11.9 Å². The topological polar surface area (TPSA) is 37.8 Å². The smallest absolute Gasteiger partial charge is 0.151 e. The first-order valence-electron chi connectivity index (χ1n) is 4.56. The second kappa shape index (κ2) is 5.75. The van der Waals surface area contributed by atoms with Crippen LogP contribution in [0.1, 0.15) is 26.2 Å². The van der Waals surface area contributed by atoms with Crippen LogP contribution in [0.25, 0.3) is 0 Å². The highest BCUT2D eigenvalue weighted by Crippen LogP contribution is 2.06. The largest absolute Gasteiger partial charge is 0.369 e. The molecule has 1 N–H and O–H groups in total. The number of hydrogen-bond donors (Lipinski definition) is 1. The molecule has 0 bridgehead atoms. The lowest BCUT2D eigenvalue weighted by Crippen LogP contribution is -2.03.